The van der Waals surface area contributed by atoms with Crippen LogP contribution in [0.4, 0.5) is 17.1 Å². The molecule has 1 aromatic heterocycles. The summed E-state index contributed by atoms with van der Waals surface area (Å²) in [6.45, 7) is 0. The van der Waals surface area contributed by atoms with Gasteiger partial charge in [0, 0.05) is 33.8 Å². The highest BCUT2D eigenvalue weighted by molar-refractivity contribution is 6.00. The molecule has 1 unspecified atom stereocenters. The summed E-state index contributed by atoms with van der Waals surface area (Å²) in [4.78, 5) is 18.0. The Bertz CT molecular complexity index is 3510. The smallest absolute Gasteiger partial charge is 0.164 e. The van der Waals surface area contributed by atoms with Gasteiger partial charge in [-0.25, -0.2) is 15.0 Å². The Labute approximate surface area is 396 Å². The lowest BCUT2D eigenvalue weighted by Gasteiger charge is -2.32. The Hall–Kier alpha value is -8.99. The van der Waals surface area contributed by atoms with Gasteiger partial charge in [-0.2, -0.15) is 0 Å². The van der Waals surface area contributed by atoms with E-state index in [1.165, 1.54) is 61.2 Å². The van der Waals surface area contributed by atoms with E-state index in [1.54, 1.807) is 0 Å². The average molecular weight is 867 g/mol. The van der Waals surface area contributed by atoms with Gasteiger partial charge in [0.05, 0.1) is 5.41 Å². The second-order valence-corrected chi connectivity index (χ2v) is 17.5. The zero-order valence-corrected chi connectivity index (χ0v) is 37.0. The first-order valence-corrected chi connectivity index (χ1v) is 23.2. The topological polar surface area (TPSA) is 41.9 Å². The highest BCUT2D eigenvalue weighted by Crippen LogP contribution is 2.64. The molecule has 0 saturated carbocycles. The lowest BCUT2D eigenvalue weighted by atomic mass is 9.70. The summed E-state index contributed by atoms with van der Waals surface area (Å²) >= 11 is 0. The number of benzene rings is 10. The van der Waals surface area contributed by atoms with Crippen LogP contribution in [0.3, 0.4) is 0 Å². The van der Waals surface area contributed by atoms with Crippen molar-refractivity contribution in [1.82, 2.24) is 15.0 Å². The van der Waals surface area contributed by atoms with Gasteiger partial charge in [-0.1, -0.05) is 218 Å². The molecule has 0 saturated heterocycles. The molecule has 68 heavy (non-hydrogen) atoms. The van der Waals surface area contributed by atoms with Gasteiger partial charge in [0.15, 0.2) is 17.5 Å². The quantitative estimate of drug-likeness (QED) is 0.153. The molecule has 0 bridgehead atoms. The third-order valence-corrected chi connectivity index (χ3v) is 13.8. The minimum Gasteiger partial charge on any atom is -0.310 e. The van der Waals surface area contributed by atoms with Crippen molar-refractivity contribution in [2.75, 3.05) is 4.90 Å². The molecule has 4 heteroatoms. The molecule has 2 aliphatic carbocycles. The maximum absolute atomic E-state index is 5.28. The number of nitrogens with zero attached hydrogens (tertiary/aromatic N) is 4. The molecular weight excluding hydrogens is 825 g/mol. The van der Waals surface area contributed by atoms with E-state index in [9.17, 15) is 0 Å². The molecule has 10 aromatic carbocycles. The molecule has 11 aromatic rings. The van der Waals surface area contributed by atoms with Crippen LogP contribution in [-0.2, 0) is 5.41 Å². The van der Waals surface area contributed by atoms with Crippen molar-refractivity contribution in [3.05, 3.63) is 277 Å². The number of aromatic nitrogens is 3. The van der Waals surface area contributed by atoms with E-state index in [-0.39, 0.29) is 0 Å². The lowest BCUT2D eigenvalue weighted by Crippen LogP contribution is -2.26. The second kappa shape index (κ2) is 16.2. The van der Waals surface area contributed by atoms with Gasteiger partial charge in [-0.3, -0.25) is 0 Å². The van der Waals surface area contributed by atoms with Crippen LogP contribution in [0, 0.1) is 0 Å². The summed E-state index contributed by atoms with van der Waals surface area (Å²) in [5, 5.41) is 0. The predicted octanol–water partition coefficient (Wildman–Crippen LogP) is 16.0. The molecule has 1 heterocycles. The molecule has 0 radical (unpaired) electrons. The highest BCUT2D eigenvalue weighted by atomic mass is 15.1. The van der Waals surface area contributed by atoms with Gasteiger partial charge >= 0.3 is 0 Å². The van der Waals surface area contributed by atoms with Crippen molar-refractivity contribution in [3.63, 3.8) is 0 Å². The van der Waals surface area contributed by atoms with E-state index in [0.717, 1.165) is 39.3 Å². The van der Waals surface area contributed by atoms with Crippen LogP contribution in [0.2, 0.25) is 0 Å². The minimum absolute atomic E-state index is 0.624. The van der Waals surface area contributed by atoms with E-state index in [0.29, 0.717) is 17.5 Å². The fourth-order valence-electron chi connectivity index (χ4n) is 10.7. The number of rotatable bonds is 8. The summed E-state index contributed by atoms with van der Waals surface area (Å²) in [7, 11) is 0. The van der Waals surface area contributed by atoms with Crippen molar-refractivity contribution in [2.24, 2.45) is 0 Å². The fourth-order valence-corrected chi connectivity index (χ4v) is 10.7. The summed E-state index contributed by atoms with van der Waals surface area (Å²) in [6.07, 6.45) is 0. The SMILES string of the molecule is c1ccc(-c2ccc(N(c3ccc(-c4ccccc4)cc3)c3ccc4c(c3)C3(c5ccccc5-4)c4ccccc4-c4c(-c5nc(-c6ccccc6)nc(-c6ccccc6)n5)cccc43)cc2)cc1. The minimum atomic E-state index is -0.624. The third-order valence-electron chi connectivity index (χ3n) is 13.8. The van der Waals surface area contributed by atoms with Gasteiger partial charge in [-0.05, 0) is 103 Å². The van der Waals surface area contributed by atoms with Crippen molar-refractivity contribution in [2.45, 2.75) is 5.41 Å². The molecule has 318 valence electrons. The maximum Gasteiger partial charge on any atom is 0.164 e. The Morgan fingerprint density at radius 2 is 0.632 bits per heavy atom. The molecule has 0 fully saturated rings. The summed E-state index contributed by atoms with van der Waals surface area (Å²) < 4.78 is 0. The van der Waals surface area contributed by atoms with Gasteiger partial charge in [0.1, 0.15) is 0 Å². The first kappa shape index (κ1) is 39.4. The molecule has 0 amide bonds. The number of hydrogen-bond acceptors (Lipinski definition) is 4. The molecule has 1 spiro atoms. The van der Waals surface area contributed by atoms with Crippen LogP contribution in [0.15, 0.2) is 255 Å². The Balaban J connectivity index is 1.03. The fraction of sp³-hybridized carbons (Fsp3) is 0.0156. The Morgan fingerprint density at radius 1 is 0.250 bits per heavy atom. The zero-order chi connectivity index (χ0) is 45.0. The van der Waals surface area contributed by atoms with Crippen LogP contribution in [0.5, 0.6) is 0 Å². The van der Waals surface area contributed by atoms with E-state index in [2.05, 4.69) is 223 Å². The van der Waals surface area contributed by atoms with Gasteiger partial charge < -0.3 is 4.90 Å². The largest absolute Gasteiger partial charge is 0.310 e. The Morgan fingerprint density at radius 3 is 1.18 bits per heavy atom. The van der Waals surface area contributed by atoms with Crippen LogP contribution in [-0.4, -0.2) is 15.0 Å². The van der Waals surface area contributed by atoms with E-state index in [1.807, 2.05) is 36.4 Å². The first-order chi connectivity index (χ1) is 33.7. The second-order valence-electron chi connectivity index (χ2n) is 17.5. The molecule has 13 rings (SSSR count). The lowest BCUT2D eigenvalue weighted by molar-refractivity contribution is 0.793. The maximum atomic E-state index is 5.28. The number of anilines is 3. The molecule has 2 aliphatic rings. The third kappa shape index (κ3) is 6.34. The summed E-state index contributed by atoms with van der Waals surface area (Å²) in [6, 6.07) is 91.3. The highest BCUT2D eigenvalue weighted by Gasteiger charge is 2.52. The summed E-state index contributed by atoms with van der Waals surface area (Å²) in [5.41, 5.74) is 20.0. The van der Waals surface area contributed by atoms with Gasteiger partial charge in [0.25, 0.3) is 0 Å². The molecule has 0 aliphatic heterocycles. The summed E-state index contributed by atoms with van der Waals surface area (Å²) in [5.74, 6) is 1.93. The van der Waals surface area contributed by atoms with Crippen molar-refractivity contribution >= 4 is 17.1 Å². The van der Waals surface area contributed by atoms with Crippen molar-refractivity contribution in [3.8, 4) is 78.7 Å². The average Bonchev–Trinajstić information content (AvgIpc) is 3.89. The first-order valence-electron chi connectivity index (χ1n) is 23.2. The van der Waals surface area contributed by atoms with E-state index < -0.39 is 5.41 Å². The molecule has 4 nitrogen and oxygen atoms in total. The Kier molecular flexibility index (Phi) is 9.36. The molecular formula is C64H42N4. The van der Waals surface area contributed by atoms with Crippen LogP contribution in [0.1, 0.15) is 22.3 Å². The van der Waals surface area contributed by atoms with Crippen molar-refractivity contribution < 1.29 is 0 Å². The van der Waals surface area contributed by atoms with E-state index in [4.69, 9.17) is 15.0 Å². The van der Waals surface area contributed by atoms with Crippen molar-refractivity contribution in [1.29, 1.82) is 0 Å². The molecule has 1 atom stereocenters. The predicted molar refractivity (Wildman–Crippen MR) is 278 cm³/mol. The number of hydrogen-bond donors (Lipinski definition) is 0. The van der Waals surface area contributed by atoms with Gasteiger partial charge in [0.2, 0.25) is 0 Å². The van der Waals surface area contributed by atoms with Crippen LogP contribution < -0.4 is 4.90 Å². The zero-order valence-electron chi connectivity index (χ0n) is 37.0. The van der Waals surface area contributed by atoms with E-state index >= 15 is 0 Å². The van der Waals surface area contributed by atoms with Crippen LogP contribution >= 0.6 is 0 Å². The van der Waals surface area contributed by atoms with Gasteiger partial charge in [-0.15, -0.1) is 0 Å². The monoisotopic (exact) mass is 866 g/mol. The standard InChI is InChI=1S/C64H42N4/c1-5-18-43(19-6-1)45-32-36-49(37-33-45)68(50-38-34-46(35-39-50)44-20-7-2-8-21-44)51-40-41-53-52-26-13-15-29-56(52)64(59(53)42-51)57-30-16-14-27-54(57)60-55(28-17-31-58(60)64)63-66-61(47-22-9-3-10-23-47)65-62(67-63)48-24-11-4-12-25-48/h1-42H. The van der Waals surface area contributed by atoms with Crippen LogP contribution in [0.25, 0.3) is 78.7 Å². The normalized spacial score (nSPS) is 13.9. The number of fused-ring (bicyclic) bond motifs is 10. The molecule has 0 N–H and O–H groups in total.